The molecular formula is C29H32N2O4. The van der Waals surface area contributed by atoms with E-state index in [4.69, 9.17) is 9.57 Å². The van der Waals surface area contributed by atoms with Crippen LogP contribution in [0.4, 0.5) is 5.69 Å². The van der Waals surface area contributed by atoms with E-state index < -0.39 is 5.91 Å². The van der Waals surface area contributed by atoms with Crippen LogP contribution in [0.5, 0.6) is 5.75 Å². The number of benzene rings is 3. The molecule has 0 saturated heterocycles. The zero-order chi connectivity index (χ0) is 24.8. The van der Waals surface area contributed by atoms with E-state index in [-0.39, 0.29) is 6.42 Å². The summed E-state index contributed by atoms with van der Waals surface area (Å²) >= 11 is 0. The smallest absolute Gasteiger partial charge is 0.290 e. The van der Waals surface area contributed by atoms with Crippen molar-refractivity contribution >= 4 is 11.6 Å². The second kappa shape index (κ2) is 11.3. The van der Waals surface area contributed by atoms with Crippen molar-refractivity contribution in [1.29, 1.82) is 0 Å². The lowest BCUT2D eigenvalue weighted by Gasteiger charge is -2.24. The van der Waals surface area contributed by atoms with Crippen molar-refractivity contribution in [2.45, 2.75) is 52.4 Å². The molecule has 1 aliphatic heterocycles. The number of carbonyl (C=O) groups is 1. The number of aryl methyl sites for hydroxylation is 2. The van der Waals surface area contributed by atoms with Gasteiger partial charge in [0.25, 0.3) is 5.91 Å². The van der Waals surface area contributed by atoms with E-state index in [1.807, 2.05) is 31.2 Å². The van der Waals surface area contributed by atoms with Gasteiger partial charge in [0, 0.05) is 5.18 Å². The first-order valence-electron chi connectivity index (χ1n) is 12.1. The average Bonchev–Trinajstić information content (AvgIpc) is 2.89. The quantitative estimate of drug-likeness (QED) is 0.314. The maximum atomic E-state index is 12.2. The highest BCUT2D eigenvalue weighted by atomic mass is 16.6. The van der Waals surface area contributed by atoms with Gasteiger partial charge in [-0.3, -0.25) is 15.1 Å². The number of nitrogens with one attached hydrogen (secondary N) is 1. The van der Waals surface area contributed by atoms with Crippen molar-refractivity contribution in [2.24, 2.45) is 5.18 Å². The fraction of sp³-hybridized carbons (Fsp3) is 0.345. The largest absolute Gasteiger partial charge is 0.493 e. The molecular weight excluding hydrogens is 440 g/mol. The third-order valence-electron chi connectivity index (χ3n) is 6.89. The van der Waals surface area contributed by atoms with E-state index in [2.05, 4.69) is 41.8 Å². The number of ether oxygens (including phenoxy) is 1. The molecule has 3 aromatic carbocycles. The molecule has 0 aliphatic carbocycles. The van der Waals surface area contributed by atoms with Gasteiger partial charge in [-0.25, -0.2) is 0 Å². The molecule has 0 fully saturated rings. The molecule has 0 aromatic heterocycles. The molecule has 6 heteroatoms. The normalized spacial score (nSPS) is 12.5. The summed E-state index contributed by atoms with van der Waals surface area (Å²) < 4.78 is 5.78. The van der Waals surface area contributed by atoms with Crippen LogP contribution in [-0.2, 0) is 41.7 Å². The third kappa shape index (κ3) is 5.60. The van der Waals surface area contributed by atoms with Crippen LogP contribution < -0.4 is 10.2 Å². The first kappa shape index (κ1) is 24.6. The van der Waals surface area contributed by atoms with Gasteiger partial charge in [0.1, 0.15) is 5.75 Å². The summed E-state index contributed by atoms with van der Waals surface area (Å²) in [5.74, 6) is 0.282. The van der Waals surface area contributed by atoms with Crippen molar-refractivity contribution in [3.8, 4) is 5.75 Å². The van der Waals surface area contributed by atoms with E-state index in [1.165, 1.54) is 11.1 Å². The standard InChI is InChI=1S/C29H32N2O4/c1-19-24(13-11-21-8-5-4-6-9-21)29(31-34-3)20(2)26(18-28(32)30-33)25(19)17-22-12-14-27-23(16-22)10-7-15-35-27/h4-6,8-9,12,14,16,31H,7,10-11,13,15,17-18H2,1-3H3. The summed E-state index contributed by atoms with van der Waals surface area (Å²) in [5.41, 5.74) is 12.6. The van der Waals surface area contributed by atoms with Crippen LogP contribution in [0.3, 0.4) is 0 Å². The summed E-state index contributed by atoms with van der Waals surface area (Å²) in [6.07, 6.45) is 4.34. The van der Waals surface area contributed by atoms with Gasteiger partial charge in [0.15, 0.2) is 0 Å². The molecule has 0 bridgehead atoms. The van der Waals surface area contributed by atoms with Crippen LogP contribution in [0.15, 0.2) is 53.7 Å². The van der Waals surface area contributed by atoms with Gasteiger partial charge in [-0.15, -0.1) is 4.91 Å². The predicted octanol–water partition coefficient (Wildman–Crippen LogP) is 5.81. The fourth-order valence-electron chi connectivity index (χ4n) is 5.06. The first-order valence-corrected chi connectivity index (χ1v) is 12.1. The Labute approximate surface area is 206 Å². The zero-order valence-corrected chi connectivity index (χ0v) is 20.6. The Hall–Kier alpha value is -3.51. The minimum absolute atomic E-state index is 0.0308. The van der Waals surface area contributed by atoms with Crippen LogP contribution in [0, 0.1) is 18.8 Å². The van der Waals surface area contributed by atoms with Crippen molar-refractivity contribution in [3.63, 3.8) is 0 Å². The lowest BCUT2D eigenvalue weighted by molar-refractivity contribution is -0.117. The number of nitrogens with zero attached hydrogens (tertiary/aromatic N) is 1. The highest BCUT2D eigenvalue weighted by Gasteiger charge is 2.22. The van der Waals surface area contributed by atoms with Gasteiger partial charge in [0.2, 0.25) is 0 Å². The lowest BCUT2D eigenvalue weighted by Crippen LogP contribution is -2.14. The Morgan fingerprint density at radius 2 is 1.80 bits per heavy atom. The van der Waals surface area contributed by atoms with Crippen molar-refractivity contribution in [1.82, 2.24) is 0 Å². The molecule has 1 amide bonds. The fourth-order valence-corrected chi connectivity index (χ4v) is 5.06. The monoisotopic (exact) mass is 472 g/mol. The van der Waals surface area contributed by atoms with Crippen LogP contribution in [0.2, 0.25) is 0 Å². The number of nitroso groups, excluding NO2 is 1. The molecule has 1 N–H and O–H groups in total. The molecule has 3 aromatic rings. The second-order valence-electron chi connectivity index (χ2n) is 9.09. The minimum Gasteiger partial charge on any atom is -0.493 e. The molecule has 0 radical (unpaired) electrons. The van der Waals surface area contributed by atoms with Crippen LogP contribution in [0.1, 0.15) is 50.9 Å². The van der Waals surface area contributed by atoms with Gasteiger partial charge in [-0.2, -0.15) is 0 Å². The number of hydrogen-bond acceptors (Lipinski definition) is 5. The number of rotatable bonds is 9. The van der Waals surface area contributed by atoms with E-state index in [9.17, 15) is 9.70 Å². The SMILES string of the molecule is CONc1c(C)c(CC(=O)N=O)c(Cc2ccc3c(c2)CCCO3)c(C)c1CCc1ccccc1. The molecule has 1 aliphatic rings. The summed E-state index contributed by atoms with van der Waals surface area (Å²) in [7, 11) is 1.58. The predicted molar refractivity (Wildman–Crippen MR) is 138 cm³/mol. The Bertz CT molecular complexity index is 1220. The number of hydrogen-bond donors (Lipinski definition) is 1. The molecule has 1 heterocycles. The van der Waals surface area contributed by atoms with Crippen LogP contribution in [0.25, 0.3) is 0 Å². The van der Waals surface area contributed by atoms with E-state index in [1.54, 1.807) is 7.11 Å². The summed E-state index contributed by atoms with van der Waals surface area (Å²) in [4.78, 5) is 28.5. The third-order valence-corrected chi connectivity index (χ3v) is 6.89. The van der Waals surface area contributed by atoms with E-state index >= 15 is 0 Å². The van der Waals surface area contributed by atoms with Crippen molar-refractivity contribution < 1.29 is 14.4 Å². The summed E-state index contributed by atoms with van der Waals surface area (Å²) in [5, 5.41) is 2.68. The molecule has 0 spiro atoms. The maximum Gasteiger partial charge on any atom is 0.290 e. The highest BCUT2D eigenvalue weighted by molar-refractivity contribution is 5.81. The molecule has 0 atom stereocenters. The Kier molecular flexibility index (Phi) is 7.93. The topological polar surface area (TPSA) is 77.0 Å². The van der Waals surface area contributed by atoms with E-state index in [0.717, 1.165) is 77.1 Å². The van der Waals surface area contributed by atoms with Crippen LogP contribution in [-0.4, -0.2) is 19.6 Å². The highest BCUT2D eigenvalue weighted by Crippen LogP contribution is 2.36. The van der Waals surface area contributed by atoms with Crippen molar-refractivity contribution in [2.75, 3.05) is 19.2 Å². The van der Waals surface area contributed by atoms with Gasteiger partial charge < -0.3 is 4.74 Å². The van der Waals surface area contributed by atoms with Gasteiger partial charge in [-0.1, -0.05) is 42.5 Å². The Morgan fingerprint density at radius 3 is 2.54 bits per heavy atom. The number of fused-ring (bicyclic) bond motifs is 1. The van der Waals surface area contributed by atoms with E-state index in [0.29, 0.717) is 6.42 Å². The van der Waals surface area contributed by atoms with Crippen molar-refractivity contribution in [3.05, 3.63) is 97.9 Å². The number of carbonyl (C=O) groups excluding carboxylic acids is 1. The van der Waals surface area contributed by atoms with Gasteiger partial charge >= 0.3 is 0 Å². The summed E-state index contributed by atoms with van der Waals surface area (Å²) in [6.45, 7) is 4.83. The summed E-state index contributed by atoms with van der Waals surface area (Å²) in [6, 6.07) is 16.7. The molecule has 0 saturated carbocycles. The molecule has 6 nitrogen and oxygen atoms in total. The molecule has 4 rings (SSSR count). The number of anilines is 1. The molecule has 0 unspecified atom stereocenters. The molecule has 35 heavy (non-hydrogen) atoms. The van der Waals surface area contributed by atoms with Gasteiger partial charge in [0.05, 0.1) is 25.8 Å². The Balaban J connectivity index is 1.79. The maximum absolute atomic E-state index is 12.2. The first-order chi connectivity index (χ1) is 17.0. The average molecular weight is 473 g/mol. The lowest BCUT2D eigenvalue weighted by atomic mass is 9.84. The molecule has 182 valence electrons. The minimum atomic E-state index is -0.673. The second-order valence-corrected chi connectivity index (χ2v) is 9.09. The van der Waals surface area contributed by atoms with Crippen LogP contribution >= 0.6 is 0 Å². The Morgan fingerprint density at radius 1 is 1.00 bits per heavy atom. The zero-order valence-electron chi connectivity index (χ0n) is 20.6. The number of amides is 1. The van der Waals surface area contributed by atoms with Gasteiger partial charge in [-0.05, 0) is 96.5 Å².